The third-order valence-corrected chi connectivity index (χ3v) is 4.19. The van der Waals surface area contributed by atoms with Gasteiger partial charge in [-0.15, -0.1) is 0 Å². The normalized spacial score (nSPS) is 14.4. The third-order valence-electron chi connectivity index (χ3n) is 4.19. The van der Waals surface area contributed by atoms with E-state index in [2.05, 4.69) is 0 Å². The second kappa shape index (κ2) is 7.75. The maximum Gasteiger partial charge on any atom is 0.231 e. The van der Waals surface area contributed by atoms with Crippen molar-refractivity contribution in [3.8, 4) is 11.5 Å². The van der Waals surface area contributed by atoms with Crippen molar-refractivity contribution in [3.05, 3.63) is 107 Å². The quantitative estimate of drug-likeness (QED) is 0.576. The number of benzene rings is 3. The minimum atomic E-state index is -0.107. The van der Waals surface area contributed by atoms with Gasteiger partial charge in [-0.3, -0.25) is 4.79 Å². The second-order valence-electron chi connectivity index (χ2n) is 6.13. The van der Waals surface area contributed by atoms with Crippen LogP contribution in [0.2, 0.25) is 0 Å². The van der Waals surface area contributed by atoms with Crippen molar-refractivity contribution in [2.75, 3.05) is 6.61 Å². The average molecular weight is 354 g/mol. The van der Waals surface area contributed by atoms with Crippen LogP contribution in [0.4, 0.5) is 0 Å². The molecule has 1 aliphatic heterocycles. The van der Waals surface area contributed by atoms with Crippen molar-refractivity contribution in [1.29, 1.82) is 0 Å². The molecule has 27 heavy (non-hydrogen) atoms. The Hall–Kier alpha value is -3.59. The number of carbonyl (C=O) groups is 1. The molecule has 3 aromatic rings. The molecule has 0 aromatic heterocycles. The fraction of sp³-hybridized carbons (Fsp3) is 0.0417. The maximum atomic E-state index is 12.5. The monoisotopic (exact) mass is 354 g/mol. The number of ketones is 1. The van der Waals surface area contributed by atoms with Gasteiger partial charge < -0.3 is 9.47 Å². The molecule has 0 N–H and O–H groups in total. The van der Waals surface area contributed by atoms with E-state index in [1.54, 1.807) is 24.3 Å². The summed E-state index contributed by atoms with van der Waals surface area (Å²) in [6.07, 6.45) is 5.72. The molecule has 1 heterocycles. The first-order valence-electron chi connectivity index (χ1n) is 8.77. The van der Waals surface area contributed by atoms with Crippen LogP contribution in [0, 0.1) is 0 Å². The minimum Gasteiger partial charge on any atom is -0.489 e. The summed E-state index contributed by atoms with van der Waals surface area (Å²) in [4.78, 5) is 12.5. The number of fused-ring (bicyclic) bond motifs is 1. The Morgan fingerprint density at radius 2 is 1.56 bits per heavy atom. The summed E-state index contributed by atoms with van der Waals surface area (Å²) in [5.74, 6) is 1.42. The number of Topliss-reactive ketones (excluding diaryl/α,β-unsaturated/α-hetero) is 1. The molecule has 0 spiro atoms. The van der Waals surface area contributed by atoms with E-state index in [9.17, 15) is 4.79 Å². The van der Waals surface area contributed by atoms with Crippen LogP contribution in [0.5, 0.6) is 11.5 Å². The summed E-state index contributed by atoms with van der Waals surface area (Å²) in [6.45, 7) is 0.439. The fourth-order valence-electron chi connectivity index (χ4n) is 2.85. The Morgan fingerprint density at radius 3 is 2.30 bits per heavy atom. The van der Waals surface area contributed by atoms with Gasteiger partial charge in [0.25, 0.3) is 0 Å². The number of ether oxygens (including phenoxy) is 2. The standard InChI is InChI=1S/C24H18O3/c25-24-21-14-13-20(26-15-7-12-18-8-3-1-4-9-18)17-22(21)27-23(24)16-19-10-5-2-6-11-19/h1-14,16-17H,15H2/b12-7+,23-16-. The maximum absolute atomic E-state index is 12.5. The van der Waals surface area contributed by atoms with Gasteiger partial charge in [0.1, 0.15) is 18.1 Å². The zero-order valence-corrected chi connectivity index (χ0v) is 14.7. The molecule has 0 aliphatic carbocycles. The Bertz CT molecular complexity index is 1000. The van der Waals surface area contributed by atoms with Crippen molar-refractivity contribution in [3.63, 3.8) is 0 Å². The van der Waals surface area contributed by atoms with Gasteiger partial charge in [0.2, 0.25) is 5.78 Å². The molecule has 3 heteroatoms. The van der Waals surface area contributed by atoms with E-state index >= 15 is 0 Å². The van der Waals surface area contributed by atoms with Crippen LogP contribution in [0.15, 0.2) is 90.7 Å². The molecule has 1 aliphatic rings. The SMILES string of the molecule is O=C1/C(=C/c2ccccc2)Oc2cc(OC/C=C/c3ccccc3)ccc21. The molecule has 0 bridgehead atoms. The molecular formula is C24H18O3. The summed E-state index contributed by atoms with van der Waals surface area (Å²) in [7, 11) is 0. The molecule has 3 nitrogen and oxygen atoms in total. The summed E-state index contributed by atoms with van der Waals surface area (Å²) in [5.41, 5.74) is 2.61. The van der Waals surface area contributed by atoms with Crippen LogP contribution in [0.1, 0.15) is 21.5 Å². The lowest BCUT2D eigenvalue weighted by molar-refractivity contribution is 0.101. The largest absolute Gasteiger partial charge is 0.489 e. The van der Waals surface area contributed by atoms with Gasteiger partial charge in [0.05, 0.1) is 5.56 Å². The minimum absolute atomic E-state index is 0.107. The highest BCUT2D eigenvalue weighted by Gasteiger charge is 2.27. The van der Waals surface area contributed by atoms with Crippen molar-refractivity contribution in [1.82, 2.24) is 0 Å². The molecule has 4 rings (SSSR count). The molecule has 0 fully saturated rings. The highest BCUT2D eigenvalue weighted by atomic mass is 16.5. The van der Waals surface area contributed by atoms with E-state index in [1.165, 1.54) is 0 Å². The smallest absolute Gasteiger partial charge is 0.231 e. The van der Waals surface area contributed by atoms with Crippen LogP contribution in [0.3, 0.4) is 0 Å². The highest BCUT2D eigenvalue weighted by Crippen LogP contribution is 2.34. The Morgan fingerprint density at radius 1 is 0.852 bits per heavy atom. The van der Waals surface area contributed by atoms with Gasteiger partial charge in [0, 0.05) is 6.07 Å². The van der Waals surface area contributed by atoms with Crippen molar-refractivity contribution < 1.29 is 14.3 Å². The lowest BCUT2D eigenvalue weighted by atomic mass is 10.1. The number of hydrogen-bond donors (Lipinski definition) is 0. The molecular weight excluding hydrogens is 336 g/mol. The van der Waals surface area contributed by atoms with E-state index in [4.69, 9.17) is 9.47 Å². The van der Waals surface area contributed by atoms with Crippen molar-refractivity contribution in [2.24, 2.45) is 0 Å². The first-order chi connectivity index (χ1) is 13.3. The lowest BCUT2D eigenvalue weighted by Crippen LogP contribution is -1.97. The first kappa shape index (κ1) is 16.9. The van der Waals surface area contributed by atoms with E-state index in [-0.39, 0.29) is 5.78 Å². The van der Waals surface area contributed by atoms with E-state index in [1.807, 2.05) is 72.8 Å². The third kappa shape index (κ3) is 3.98. The van der Waals surface area contributed by atoms with Gasteiger partial charge in [-0.05, 0) is 35.4 Å². The topological polar surface area (TPSA) is 35.5 Å². The average Bonchev–Trinajstić information content (AvgIpc) is 3.02. The predicted molar refractivity (Wildman–Crippen MR) is 107 cm³/mol. The molecule has 0 saturated carbocycles. The van der Waals surface area contributed by atoms with Crippen LogP contribution in [0.25, 0.3) is 12.2 Å². The highest BCUT2D eigenvalue weighted by molar-refractivity contribution is 6.14. The van der Waals surface area contributed by atoms with Gasteiger partial charge in [0.15, 0.2) is 5.76 Å². The zero-order valence-electron chi connectivity index (χ0n) is 14.7. The van der Waals surface area contributed by atoms with E-state index in [0.29, 0.717) is 29.4 Å². The molecule has 0 unspecified atom stereocenters. The van der Waals surface area contributed by atoms with Crippen molar-refractivity contribution in [2.45, 2.75) is 0 Å². The molecule has 0 radical (unpaired) electrons. The molecule has 0 atom stereocenters. The number of hydrogen-bond acceptors (Lipinski definition) is 3. The summed E-state index contributed by atoms with van der Waals surface area (Å²) in [5, 5.41) is 0. The van der Waals surface area contributed by atoms with Crippen LogP contribution in [-0.2, 0) is 0 Å². The predicted octanol–water partition coefficient (Wildman–Crippen LogP) is 5.40. The molecule has 0 saturated heterocycles. The van der Waals surface area contributed by atoms with Gasteiger partial charge in [-0.25, -0.2) is 0 Å². The molecule has 0 amide bonds. The summed E-state index contributed by atoms with van der Waals surface area (Å²) in [6, 6.07) is 25.0. The Labute approximate surface area is 158 Å². The molecule has 3 aromatic carbocycles. The van der Waals surface area contributed by atoms with Crippen molar-refractivity contribution >= 4 is 17.9 Å². The molecule has 132 valence electrons. The number of carbonyl (C=O) groups excluding carboxylic acids is 1. The van der Waals surface area contributed by atoms with Gasteiger partial charge in [-0.1, -0.05) is 66.7 Å². The lowest BCUT2D eigenvalue weighted by Gasteiger charge is -2.04. The van der Waals surface area contributed by atoms with E-state index < -0.39 is 0 Å². The summed E-state index contributed by atoms with van der Waals surface area (Å²) < 4.78 is 11.5. The number of allylic oxidation sites excluding steroid dienone is 1. The van der Waals surface area contributed by atoms with Gasteiger partial charge >= 0.3 is 0 Å². The van der Waals surface area contributed by atoms with E-state index in [0.717, 1.165) is 11.1 Å². The van der Waals surface area contributed by atoms with Crippen LogP contribution in [-0.4, -0.2) is 12.4 Å². The fourth-order valence-corrected chi connectivity index (χ4v) is 2.85. The Kier molecular flexibility index (Phi) is 4.84. The van der Waals surface area contributed by atoms with Gasteiger partial charge in [-0.2, -0.15) is 0 Å². The second-order valence-corrected chi connectivity index (χ2v) is 6.13. The zero-order chi connectivity index (χ0) is 18.5. The van der Waals surface area contributed by atoms with Crippen LogP contribution >= 0.6 is 0 Å². The summed E-state index contributed by atoms with van der Waals surface area (Å²) >= 11 is 0. The first-order valence-corrected chi connectivity index (χ1v) is 8.77. The van der Waals surface area contributed by atoms with Crippen LogP contribution < -0.4 is 9.47 Å². The Balaban J connectivity index is 1.43. The number of rotatable bonds is 5.